The fraction of sp³-hybridized carbons (Fsp3) is 0.280. The first-order valence-corrected chi connectivity index (χ1v) is 10.6. The summed E-state index contributed by atoms with van der Waals surface area (Å²) in [6, 6.07) is 32.3. The summed E-state index contributed by atoms with van der Waals surface area (Å²) in [5.41, 5.74) is 0. The highest BCUT2D eigenvalue weighted by Gasteiger charge is 2.14. The van der Waals surface area contributed by atoms with E-state index in [9.17, 15) is 0 Å². The Bertz CT molecular complexity index is 552. The topological polar surface area (TPSA) is 0 Å². The van der Waals surface area contributed by atoms with E-state index in [1.54, 1.807) is 0 Å². The molecule has 0 atom stereocenters. The first kappa shape index (κ1) is 24.1. The lowest BCUT2D eigenvalue weighted by molar-refractivity contribution is 1.09. The van der Waals surface area contributed by atoms with E-state index in [0.29, 0.717) is 0 Å². The van der Waals surface area contributed by atoms with Crippen LogP contribution in [0.3, 0.4) is 0 Å². The van der Waals surface area contributed by atoms with Gasteiger partial charge in [0.1, 0.15) is 0 Å². The maximum absolute atomic E-state index is 2.23. The zero-order chi connectivity index (χ0) is 18.3. The summed E-state index contributed by atoms with van der Waals surface area (Å²) in [7, 11) is -0.446. The van der Waals surface area contributed by atoms with Crippen molar-refractivity contribution in [2.24, 2.45) is 0 Å². The van der Waals surface area contributed by atoms with Crippen molar-refractivity contribution in [2.75, 3.05) is 0 Å². The minimum Gasteiger partial charge on any atom is -0.0776 e. The third kappa shape index (κ3) is 8.45. The highest BCUT2D eigenvalue weighted by molar-refractivity contribution is 7.79. The Hall–Kier alpha value is -1.91. The molecule has 0 fully saturated rings. The molecular formula is C25H35P. The van der Waals surface area contributed by atoms with Crippen molar-refractivity contribution in [3.8, 4) is 0 Å². The molecule has 0 aromatic heterocycles. The molecule has 0 amide bonds. The molecule has 1 heteroatoms. The van der Waals surface area contributed by atoms with E-state index >= 15 is 0 Å². The van der Waals surface area contributed by atoms with Crippen molar-refractivity contribution in [3.05, 3.63) is 91.0 Å². The van der Waals surface area contributed by atoms with Crippen LogP contribution in [0.1, 0.15) is 48.0 Å². The molecule has 0 saturated carbocycles. The lowest BCUT2D eigenvalue weighted by Gasteiger charge is -2.18. The van der Waals surface area contributed by atoms with Crippen molar-refractivity contribution >= 4 is 23.8 Å². The molecule has 0 bridgehead atoms. The summed E-state index contributed by atoms with van der Waals surface area (Å²) < 4.78 is 0. The lowest BCUT2D eigenvalue weighted by atomic mass is 10.4. The molecule has 0 aliphatic heterocycles. The molecule has 0 spiro atoms. The van der Waals surface area contributed by atoms with Crippen LogP contribution in [0, 0.1) is 0 Å². The van der Waals surface area contributed by atoms with Gasteiger partial charge in [-0.3, -0.25) is 0 Å². The first-order chi connectivity index (χ1) is 12.3. The Morgan fingerprint density at radius 3 is 0.846 bits per heavy atom. The van der Waals surface area contributed by atoms with Crippen molar-refractivity contribution in [3.63, 3.8) is 0 Å². The van der Waals surface area contributed by atoms with E-state index in [-0.39, 0.29) is 7.43 Å². The predicted octanol–water partition coefficient (Wildman–Crippen LogP) is 6.91. The average molecular weight is 367 g/mol. The van der Waals surface area contributed by atoms with Gasteiger partial charge in [-0.25, -0.2) is 0 Å². The van der Waals surface area contributed by atoms with Crippen molar-refractivity contribution in [1.29, 1.82) is 0 Å². The van der Waals surface area contributed by atoms with Crippen LogP contribution in [0.15, 0.2) is 91.0 Å². The Balaban J connectivity index is 0.000000793. The van der Waals surface area contributed by atoms with Gasteiger partial charge in [0.05, 0.1) is 0 Å². The van der Waals surface area contributed by atoms with Gasteiger partial charge in [0.15, 0.2) is 0 Å². The summed E-state index contributed by atoms with van der Waals surface area (Å²) in [4.78, 5) is 0. The van der Waals surface area contributed by atoms with Gasteiger partial charge in [0.2, 0.25) is 0 Å². The molecule has 0 aliphatic carbocycles. The molecule has 0 aliphatic rings. The van der Waals surface area contributed by atoms with E-state index in [0.717, 1.165) is 0 Å². The Labute approximate surface area is 163 Å². The van der Waals surface area contributed by atoms with Gasteiger partial charge in [0, 0.05) is 0 Å². The minimum absolute atomic E-state index is 0. The van der Waals surface area contributed by atoms with Gasteiger partial charge in [0.25, 0.3) is 0 Å². The molecule has 0 saturated heterocycles. The van der Waals surface area contributed by atoms with E-state index in [2.05, 4.69) is 119 Å². The van der Waals surface area contributed by atoms with Gasteiger partial charge in [-0.1, -0.05) is 139 Å². The van der Waals surface area contributed by atoms with Gasteiger partial charge in [-0.05, 0) is 23.8 Å². The number of benzene rings is 3. The summed E-state index contributed by atoms with van der Waals surface area (Å²) in [6.45, 7) is 8.50. The zero-order valence-electron chi connectivity index (χ0n) is 16.0. The summed E-state index contributed by atoms with van der Waals surface area (Å²) in [6.07, 6.45) is 2.50. The molecule has 26 heavy (non-hydrogen) atoms. The molecule has 140 valence electrons. The van der Waals surface area contributed by atoms with Crippen LogP contribution in [-0.2, 0) is 0 Å². The lowest BCUT2D eigenvalue weighted by Crippen LogP contribution is -2.20. The summed E-state index contributed by atoms with van der Waals surface area (Å²) in [5, 5.41) is 4.19. The fourth-order valence-corrected chi connectivity index (χ4v) is 4.48. The Kier molecular flexibility index (Phi) is 14.2. The third-order valence-electron chi connectivity index (χ3n) is 3.04. The molecule has 0 N–H and O–H groups in total. The van der Waals surface area contributed by atoms with Gasteiger partial charge in [-0.15, -0.1) is 0 Å². The Morgan fingerprint density at radius 1 is 0.462 bits per heavy atom. The maximum Gasteiger partial charge on any atom is -0.0134 e. The molecule has 0 radical (unpaired) electrons. The minimum atomic E-state index is -0.446. The zero-order valence-corrected chi connectivity index (χ0v) is 16.9. The normalized spacial score (nSPS) is 9.12. The fourth-order valence-electron chi connectivity index (χ4n) is 2.18. The van der Waals surface area contributed by atoms with Crippen LogP contribution >= 0.6 is 7.92 Å². The molecule has 0 unspecified atom stereocenters. The van der Waals surface area contributed by atoms with Crippen molar-refractivity contribution < 1.29 is 0 Å². The molecule has 3 aromatic carbocycles. The first-order valence-electron chi connectivity index (χ1n) is 9.23. The maximum atomic E-state index is 2.23. The highest BCUT2D eigenvalue weighted by atomic mass is 31.1. The molecule has 3 aromatic rings. The monoisotopic (exact) mass is 366 g/mol. The third-order valence-corrected chi connectivity index (χ3v) is 5.49. The molecule has 0 heterocycles. The van der Waals surface area contributed by atoms with Crippen LogP contribution in [-0.4, -0.2) is 0 Å². The van der Waals surface area contributed by atoms with Crippen molar-refractivity contribution in [2.45, 2.75) is 48.0 Å². The second kappa shape index (κ2) is 15.4. The van der Waals surface area contributed by atoms with E-state index < -0.39 is 7.92 Å². The summed E-state index contributed by atoms with van der Waals surface area (Å²) >= 11 is 0. The Morgan fingerprint density at radius 2 is 0.654 bits per heavy atom. The average Bonchev–Trinajstić information content (AvgIpc) is 2.66. The largest absolute Gasteiger partial charge is 0.0776 e. The van der Waals surface area contributed by atoms with Crippen molar-refractivity contribution in [1.82, 2.24) is 0 Å². The highest BCUT2D eigenvalue weighted by Crippen LogP contribution is 2.32. The standard InChI is InChI=1S/C18H15P.2C3H8.CH4/c1-4-10-16(11-5-1)19(17-12-6-2-7-13-17)18-14-8-3-9-15-18;2*1-3-2;/h1-15H;2*3H2,1-2H3;1H4. The van der Waals surface area contributed by atoms with Crippen LogP contribution in [0.4, 0.5) is 0 Å². The SMILES string of the molecule is C.CCC.CCC.c1ccc(P(c2ccccc2)c2ccccc2)cc1. The van der Waals surface area contributed by atoms with Gasteiger partial charge < -0.3 is 0 Å². The summed E-state index contributed by atoms with van der Waals surface area (Å²) in [5.74, 6) is 0. The quantitative estimate of drug-likeness (QED) is 0.442. The smallest absolute Gasteiger partial charge is 0.0134 e. The van der Waals surface area contributed by atoms with Gasteiger partial charge >= 0.3 is 0 Å². The van der Waals surface area contributed by atoms with E-state index in [1.807, 2.05) is 0 Å². The molecular weight excluding hydrogens is 331 g/mol. The molecule has 3 rings (SSSR count). The van der Waals surface area contributed by atoms with Crippen LogP contribution < -0.4 is 15.9 Å². The second-order valence-electron chi connectivity index (χ2n) is 5.76. The second-order valence-corrected chi connectivity index (χ2v) is 7.98. The number of hydrogen-bond donors (Lipinski definition) is 0. The van der Waals surface area contributed by atoms with Gasteiger partial charge in [-0.2, -0.15) is 0 Å². The van der Waals surface area contributed by atoms with Crippen LogP contribution in [0.2, 0.25) is 0 Å². The number of rotatable bonds is 3. The van der Waals surface area contributed by atoms with Crippen LogP contribution in [0.5, 0.6) is 0 Å². The number of hydrogen-bond acceptors (Lipinski definition) is 0. The van der Waals surface area contributed by atoms with Crippen LogP contribution in [0.25, 0.3) is 0 Å². The van der Waals surface area contributed by atoms with E-state index in [4.69, 9.17) is 0 Å². The molecule has 0 nitrogen and oxygen atoms in total. The predicted molar refractivity (Wildman–Crippen MR) is 124 cm³/mol. The van der Waals surface area contributed by atoms with E-state index in [1.165, 1.54) is 28.8 Å².